The van der Waals surface area contributed by atoms with Crippen LogP contribution in [0, 0.1) is 0 Å². The van der Waals surface area contributed by atoms with Crippen LogP contribution in [0.1, 0.15) is 20.7 Å². The van der Waals surface area contributed by atoms with Crippen LogP contribution in [-0.2, 0) is 0 Å². The summed E-state index contributed by atoms with van der Waals surface area (Å²) in [6, 6.07) is 12.6. The van der Waals surface area contributed by atoms with Gasteiger partial charge in [-0.05, 0) is 60.7 Å². The number of carbonyl (C=O) groups is 2. The molecule has 0 radical (unpaired) electrons. The molecular formula is C18H18N2O6. The highest BCUT2D eigenvalue weighted by Crippen LogP contribution is 2.13. The Morgan fingerprint density at radius 3 is 1.38 bits per heavy atom. The minimum absolute atomic E-state index is 0.324. The molecule has 0 aliphatic heterocycles. The molecule has 0 unspecified atom stereocenters. The van der Waals surface area contributed by atoms with Crippen molar-refractivity contribution in [2.24, 2.45) is 0 Å². The van der Waals surface area contributed by atoms with Crippen molar-refractivity contribution in [1.29, 1.82) is 0 Å². The Hall–Kier alpha value is -3.36. The third-order valence-corrected chi connectivity index (χ3v) is 3.30. The zero-order chi connectivity index (χ0) is 18.8. The average molecular weight is 358 g/mol. The van der Waals surface area contributed by atoms with Gasteiger partial charge in [-0.25, -0.2) is 11.0 Å². The molecule has 2 rings (SSSR count). The van der Waals surface area contributed by atoms with Gasteiger partial charge in [0, 0.05) is 11.1 Å². The third kappa shape index (κ3) is 5.62. The second-order valence-electron chi connectivity index (χ2n) is 5.02. The first-order chi connectivity index (χ1) is 12.6. The van der Waals surface area contributed by atoms with Gasteiger partial charge in [0.2, 0.25) is 0 Å². The minimum atomic E-state index is -0.585. The van der Waals surface area contributed by atoms with Crippen LogP contribution in [0.2, 0.25) is 0 Å². The average Bonchev–Trinajstić information content (AvgIpc) is 2.70. The fourth-order valence-corrected chi connectivity index (χ4v) is 1.96. The highest BCUT2D eigenvalue weighted by atomic mass is 16.5. The van der Waals surface area contributed by atoms with E-state index in [1.54, 1.807) is 47.4 Å². The first-order valence-corrected chi connectivity index (χ1v) is 7.63. The maximum absolute atomic E-state index is 11.2. The summed E-state index contributed by atoms with van der Waals surface area (Å²) < 4.78 is 11.0. The summed E-state index contributed by atoms with van der Waals surface area (Å²) in [6.45, 7) is 0.648. The zero-order valence-electron chi connectivity index (χ0n) is 13.7. The molecule has 4 N–H and O–H groups in total. The predicted octanol–water partition coefficient (Wildman–Crippen LogP) is 1.94. The standard InChI is InChI=1S/C18H18N2O6/c21-17(19-23)13-3-7-15(8-4-13)25-11-1-2-12-26-16-9-5-14(6-10-16)18(22)20-24/h1-10,23-24H,11-12H2,(H,19,21)(H,20,22). The smallest absolute Gasteiger partial charge is 0.274 e. The first-order valence-electron chi connectivity index (χ1n) is 7.63. The molecule has 2 aromatic rings. The molecule has 0 fully saturated rings. The Kier molecular flexibility index (Phi) is 7.17. The second-order valence-corrected chi connectivity index (χ2v) is 5.02. The number of carbonyl (C=O) groups excluding carboxylic acids is 2. The van der Waals surface area contributed by atoms with Gasteiger partial charge in [-0.2, -0.15) is 0 Å². The van der Waals surface area contributed by atoms with E-state index in [1.807, 2.05) is 0 Å². The second kappa shape index (κ2) is 9.82. The fraction of sp³-hybridized carbons (Fsp3) is 0.111. The first kappa shape index (κ1) is 19.0. The number of ether oxygens (including phenoxy) is 2. The third-order valence-electron chi connectivity index (χ3n) is 3.30. The molecule has 0 saturated heterocycles. The molecule has 0 bridgehead atoms. The number of hydroxylamine groups is 2. The highest BCUT2D eigenvalue weighted by Gasteiger charge is 2.04. The van der Waals surface area contributed by atoms with Crippen LogP contribution >= 0.6 is 0 Å². The van der Waals surface area contributed by atoms with Gasteiger partial charge < -0.3 is 9.47 Å². The van der Waals surface area contributed by atoms with Gasteiger partial charge in [-0.3, -0.25) is 20.0 Å². The van der Waals surface area contributed by atoms with E-state index in [1.165, 1.54) is 24.3 Å². The van der Waals surface area contributed by atoms with Crippen molar-refractivity contribution in [1.82, 2.24) is 11.0 Å². The van der Waals surface area contributed by atoms with Crippen LogP contribution in [0.4, 0.5) is 0 Å². The molecule has 26 heavy (non-hydrogen) atoms. The lowest BCUT2D eigenvalue weighted by atomic mass is 10.2. The summed E-state index contributed by atoms with van der Waals surface area (Å²) in [6.07, 6.45) is 3.56. The van der Waals surface area contributed by atoms with Crippen LogP contribution in [0.3, 0.4) is 0 Å². The summed E-state index contributed by atoms with van der Waals surface area (Å²) in [5.74, 6) is 0.00264. The van der Waals surface area contributed by atoms with Crippen LogP contribution in [0.25, 0.3) is 0 Å². The van der Waals surface area contributed by atoms with E-state index in [0.29, 0.717) is 35.8 Å². The minimum Gasteiger partial charge on any atom is -0.490 e. The Balaban J connectivity index is 1.71. The molecule has 136 valence electrons. The summed E-state index contributed by atoms with van der Waals surface area (Å²) in [5.41, 5.74) is 3.76. The van der Waals surface area contributed by atoms with E-state index in [0.717, 1.165) is 0 Å². The molecule has 0 saturated carbocycles. The largest absolute Gasteiger partial charge is 0.490 e. The summed E-state index contributed by atoms with van der Waals surface area (Å²) >= 11 is 0. The maximum Gasteiger partial charge on any atom is 0.274 e. The zero-order valence-corrected chi connectivity index (χ0v) is 13.7. The van der Waals surface area contributed by atoms with Crippen molar-refractivity contribution in [3.05, 3.63) is 71.8 Å². The molecule has 0 aromatic heterocycles. The van der Waals surface area contributed by atoms with E-state index in [-0.39, 0.29) is 0 Å². The molecule has 0 spiro atoms. The SMILES string of the molecule is O=C(NO)c1ccc(OCC=CCOc2ccc(C(=O)NO)cc2)cc1. The predicted molar refractivity (Wildman–Crippen MR) is 91.5 cm³/mol. The Bertz CT molecular complexity index is 691. The van der Waals surface area contributed by atoms with Crippen LogP contribution < -0.4 is 20.4 Å². The number of nitrogens with one attached hydrogen (secondary N) is 2. The van der Waals surface area contributed by atoms with E-state index >= 15 is 0 Å². The number of hydrogen-bond acceptors (Lipinski definition) is 6. The van der Waals surface area contributed by atoms with Gasteiger partial charge in [-0.1, -0.05) is 0 Å². The van der Waals surface area contributed by atoms with Crippen molar-refractivity contribution in [3.8, 4) is 11.5 Å². The summed E-state index contributed by atoms with van der Waals surface area (Å²) in [4.78, 5) is 22.4. The lowest BCUT2D eigenvalue weighted by Gasteiger charge is -2.05. The normalized spacial score (nSPS) is 10.4. The topological polar surface area (TPSA) is 117 Å². The van der Waals surface area contributed by atoms with Crippen molar-refractivity contribution in [2.45, 2.75) is 0 Å². The number of benzene rings is 2. The van der Waals surface area contributed by atoms with E-state index in [4.69, 9.17) is 19.9 Å². The van der Waals surface area contributed by atoms with Gasteiger partial charge >= 0.3 is 0 Å². The Labute approximate surface area is 149 Å². The summed E-state index contributed by atoms with van der Waals surface area (Å²) in [5, 5.41) is 17.1. The molecule has 0 aliphatic carbocycles. The van der Waals surface area contributed by atoms with Gasteiger partial charge in [0.15, 0.2) is 0 Å². The molecule has 0 heterocycles. The van der Waals surface area contributed by atoms with Crippen LogP contribution in [-0.4, -0.2) is 35.4 Å². The van der Waals surface area contributed by atoms with Gasteiger partial charge in [0.25, 0.3) is 11.8 Å². The van der Waals surface area contributed by atoms with Crippen LogP contribution in [0.15, 0.2) is 60.7 Å². The number of amides is 2. The van der Waals surface area contributed by atoms with Gasteiger partial charge in [0.1, 0.15) is 24.7 Å². The molecule has 8 nitrogen and oxygen atoms in total. The fourth-order valence-electron chi connectivity index (χ4n) is 1.96. The maximum atomic E-state index is 11.2. The van der Waals surface area contributed by atoms with Crippen LogP contribution in [0.5, 0.6) is 11.5 Å². The van der Waals surface area contributed by atoms with Crippen molar-refractivity contribution in [2.75, 3.05) is 13.2 Å². The van der Waals surface area contributed by atoms with Gasteiger partial charge in [-0.15, -0.1) is 0 Å². The number of rotatable bonds is 8. The van der Waals surface area contributed by atoms with Crippen molar-refractivity contribution >= 4 is 11.8 Å². The molecule has 2 amide bonds. The molecule has 2 aromatic carbocycles. The monoisotopic (exact) mass is 358 g/mol. The number of hydrogen-bond donors (Lipinski definition) is 4. The molecule has 8 heteroatoms. The quantitative estimate of drug-likeness (QED) is 0.325. The van der Waals surface area contributed by atoms with Crippen molar-refractivity contribution < 1.29 is 29.5 Å². The van der Waals surface area contributed by atoms with Crippen molar-refractivity contribution in [3.63, 3.8) is 0 Å². The van der Waals surface area contributed by atoms with E-state index in [9.17, 15) is 9.59 Å². The molecule has 0 atom stereocenters. The van der Waals surface area contributed by atoms with E-state index < -0.39 is 11.8 Å². The van der Waals surface area contributed by atoms with E-state index in [2.05, 4.69) is 0 Å². The Morgan fingerprint density at radius 1 is 0.731 bits per heavy atom. The molecular weight excluding hydrogens is 340 g/mol. The molecule has 0 aliphatic rings. The Morgan fingerprint density at radius 2 is 1.08 bits per heavy atom. The summed E-state index contributed by atoms with van der Waals surface area (Å²) in [7, 11) is 0. The lowest BCUT2D eigenvalue weighted by molar-refractivity contribution is 0.0702. The highest BCUT2D eigenvalue weighted by molar-refractivity contribution is 5.93. The lowest BCUT2D eigenvalue weighted by Crippen LogP contribution is -2.18. The van der Waals surface area contributed by atoms with Gasteiger partial charge in [0.05, 0.1) is 0 Å².